The molecule has 7 nitrogen and oxygen atoms in total. The third-order valence-electron chi connectivity index (χ3n) is 6.72. The van der Waals surface area contributed by atoms with E-state index < -0.39 is 11.5 Å². The molecule has 4 rings (SSSR count). The summed E-state index contributed by atoms with van der Waals surface area (Å²) in [5, 5.41) is 8.19. The van der Waals surface area contributed by atoms with Crippen molar-refractivity contribution in [1.29, 1.82) is 0 Å². The van der Waals surface area contributed by atoms with E-state index >= 15 is 0 Å². The van der Waals surface area contributed by atoms with Gasteiger partial charge in [0, 0.05) is 24.1 Å². The molecule has 0 aromatic heterocycles. The summed E-state index contributed by atoms with van der Waals surface area (Å²) in [5.41, 5.74) is 1.97. The summed E-state index contributed by atoms with van der Waals surface area (Å²) in [5.74, 6) is -1.22. The van der Waals surface area contributed by atoms with Crippen LogP contribution in [0, 0.1) is 0 Å². The summed E-state index contributed by atoms with van der Waals surface area (Å²) in [6.07, 6.45) is 1.63. The SMILES string of the molecule is CCC1(c2ccc(NC(=O)C(Cc3ccccc3)NC(=O)c3ccccc3)cc2)CCC(=O)NC1=O. The predicted octanol–water partition coefficient (Wildman–Crippen LogP) is 3.75. The third-order valence-corrected chi connectivity index (χ3v) is 6.72. The highest BCUT2D eigenvalue weighted by Crippen LogP contribution is 2.36. The van der Waals surface area contributed by atoms with Crippen LogP contribution >= 0.6 is 0 Å². The molecule has 2 unspecified atom stereocenters. The summed E-state index contributed by atoms with van der Waals surface area (Å²) in [7, 11) is 0. The van der Waals surface area contributed by atoms with Gasteiger partial charge in [-0.05, 0) is 48.2 Å². The zero-order valence-electron chi connectivity index (χ0n) is 20.1. The van der Waals surface area contributed by atoms with Gasteiger partial charge in [-0.1, -0.05) is 67.6 Å². The van der Waals surface area contributed by atoms with Crippen molar-refractivity contribution in [3.8, 4) is 0 Å². The number of amides is 4. The number of benzene rings is 3. The van der Waals surface area contributed by atoms with Gasteiger partial charge in [0.15, 0.2) is 0 Å². The zero-order chi connectivity index (χ0) is 25.5. The standard InChI is InChI=1S/C29H29N3O4/c1-2-29(18-17-25(33)32-28(29)36)22-13-15-23(16-14-22)30-27(35)24(19-20-9-5-3-6-10-20)31-26(34)21-11-7-4-8-12-21/h3-16,24H,2,17-19H2,1H3,(H,30,35)(H,31,34)(H,32,33,36). The fourth-order valence-electron chi connectivity index (χ4n) is 4.56. The second kappa shape index (κ2) is 11.0. The second-order valence-corrected chi connectivity index (χ2v) is 8.96. The Labute approximate surface area is 210 Å². The van der Waals surface area contributed by atoms with Crippen molar-refractivity contribution in [3.63, 3.8) is 0 Å². The second-order valence-electron chi connectivity index (χ2n) is 8.96. The first-order valence-electron chi connectivity index (χ1n) is 12.1. The number of anilines is 1. The Hall–Kier alpha value is -4.26. The average molecular weight is 484 g/mol. The maximum Gasteiger partial charge on any atom is 0.251 e. The first-order chi connectivity index (χ1) is 17.4. The molecular formula is C29H29N3O4. The molecular weight excluding hydrogens is 454 g/mol. The van der Waals surface area contributed by atoms with E-state index in [1.54, 1.807) is 36.4 Å². The van der Waals surface area contributed by atoms with Gasteiger partial charge in [0.05, 0.1) is 5.41 Å². The van der Waals surface area contributed by atoms with Crippen LogP contribution in [-0.4, -0.2) is 29.7 Å². The van der Waals surface area contributed by atoms with E-state index in [4.69, 9.17) is 0 Å². The Morgan fingerprint density at radius 2 is 1.56 bits per heavy atom. The third kappa shape index (κ3) is 5.51. The molecule has 1 fully saturated rings. The van der Waals surface area contributed by atoms with Crippen LogP contribution in [0.1, 0.15) is 47.7 Å². The lowest BCUT2D eigenvalue weighted by Crippen LogP contribution is -2.51. The highest BCUT2D eigenvalue weighted by molar-refractivity contribution is 6.04. The first kappa shape index (κ1) is 24.9. The van der Waals surface area contributed by atoms with Crippen LogP contribution in [0.25, 0.3) is 0 Å². The lowest BCUT2D eigenvalue weighted by atomic mass is 9.72. The van der Waals surface area contributed by atoms with E-state index in [0.717, 1.165) is 11.1 Å². The Balaban J connectivity index is 1.51. The minimum atomic E-state index is -0.795. The summed E-state index contributed by atoms with van der Waals surface area (Å²) in [6.45, 7) is 1.93. The van der Waals surface area contributed by atoms with Crippen molar-refractivity contribution in [2.75, 3.05) is 5.32 Å². The largest absolute Gasteiger partial charge is 0.340 e. The number of nitrogens with one attached hydrogen (secondary N) is 3. The first-order valence-corrected chi connectivity index (χ1v) is 12.1. The summed E-state index contributed by atoms with van der Waals surface area (Å²) >= 11 is 0. The van der Waals surface area contributed by atoms with Gasteiger partial charge in [-0.25, -0.2) is 0 Å². The molecule has 1 aliphatic heterocycles. The van der Waals surface area contributed by atoms with Crippen LogP contribution in [0.2, 0.25) is 0 Å². The molecule has 3 N–H and O–H groups in total. The van der Waals surface area contributed by atoms with Gasteiger partial charge in [-0.2, -0.15) is 0 Å². The van der Waals surface area contributed by atoms with E-state index in [1.165, 1.54) is 0 Å². The highest BCUT2D eigenvalue weighted by atomic mass is 16.2. The molecule has 4 amide bonds. The number of carbonyl (C=O) groups is 4. The molecule has 3 aromatic carbocycles. The van der Waals surface area contributed by atoms with Gasteiger partial charge in [-0.3, -0.25) is 24.5 Å². The predicted molar refractivity (Wildman–Crippen MR) is 137 cm³/mol. The lowest BCUT2D eigenvalue weighted by molar-refractivity contribution is -0.138. The van der Waals surface area contributed by atoms with Crippen molar-refractivity contribution in [1.82, 2.24) is 10.6 Å². The molecule has 1 heterocycles. The monoisotopic (exact) mass is 483 g/mol. The van der Waals surface area contributed by atoms with Gasteiger partial charge >= 0.3 is 0 Å². The van der Waals surface area contributed by atoms with Gasteiger partial charge in [0.25, 0.3) is 5.91 Å². The number of piperidine rings is 1. The van der Waals surface area contributed by atoms with Crippen molar-refractivity contribution < 1.29 is 19.2 Å². The van der Waals surface area contributed by atoms with Crippen LogP contribution in [-0.2, 0) is 26.2 Å². The normalized spacial score (nSPS) is 18.1. The fourth-order valence-corrected chi connectivity index (χ4v) is 4.56. The van der Waals surface area contributed by atoms with E-state index in [1.807, 2.05) is 55.5 Å². The van der Waals surface area contributed by atoms with Crippen molar-refractivity contribution >= 4 is 29.3 Å². The van der Waals surface area contributed by atoms with Crippen LogP contribution in [0.4, 0.5) is 5.69 Å². The van der Waals surface area contributed by atoms with E-state index in [9.17, 15) is 19.2 Å². The van der Waals surface area contributed by atoms with Crippen LogP contribution in [0.15, 0.2) is 84.9 Å². The maximum atomic E-state index is 13.3. The number of hydrogen-bond donors (Lipinski definition) is 3. The molecule has 7 heteroatoms. The molecule has 0 radical (unpaired) electrons. The molecule has 0 saturated carbocycles. The van der Waals surface area contributed by atoms with Crippen molar-refractivity contribution in [2.45, 2.75) is 44.1 Å². The van der Waals surface area contributed by atoms with Gasteiger partial charge in [-0.15, -0.1) is 0 Å². The van der Waals surface area contributed by atoms with Crippen LogP contribution < -0.4 is 16.0 Å². The quantitative estimate of drug-likeness (QED) is 0.425. The minimum absolute atomic E-state index is 0.255. The van der Waals surface area contributed by atoms with E-state index in [-0.39, 0.29) is 23.6 Å². The molecule has 36 heavy (non-hydrogen) atoms. The molecule has 1 aliphatic rings. The number of imide groups is 1. The molecule has 184 valence electrons. The van der Waals surface area contributed by atoms with E-state index in [0.29, 0.717) is 36.9 Å². The lowest BCUT2D eigenvalue weighted by Gasteiger charge is -2.35. The molecule has 0 bridgehead atoms. The van der Waals surface area contributed by atoms with E-state index in [2.05, 4.69) is 16.0 Å². The maximum absolute atomic E-state index is 13.3. The summed E-state index contributed by atoms with van der Waals surface area (Å²) in [4.78, 5) is 50.3. The molecule has 0 spiro atoms. The smallest absolute Gasteiger partial charge is 0.251 e. The fraction of sp³-hybridized carbons (Fsp3) is 0.241. The molecule has 1 saturated heterocycles. The van der Waals surface area contributed by atoms with Gasteiger partial charge in [0.2, 0.25) is 17.7 Å². The Bertz CT molecular complexity index is 1240. The molecule has 2 atom stereocenters. The van der Waals surface area contributed by atoms with Gasteiger partial charge in [0.1, 0.15) is 6.04 Å². The Kier molecular flexibility index (Phi) is 7.59. The zero-order valence-corrected chi connectivity index (χ0v) is 20.1. The number of hydrogen-bond acceptors (Lipinski definition) is 4. The minimum Gasteiger partial charge on any atom is -0.340 e. The Morgan fingerprint density at radius 3 is 2.17 bits per heavy atom. The van der Waals surface area contributed by atoms with Crippen LogP contribution in [0.3, 0.4) is 0 Å². The average Bonchev–Trinajstić information content (AvgIpc) is 2.90. The van der Waals surface area contributed by atoms with Crippen molar-refractivity contribution in [3.05, 3.63) is 102 Å². The van der Waals surface area contributed by atoms with Gasteiger partial charge < -0.3 is 10.6 Å². The van der Waals surface area contributed by atoms with Crippen molar-refractivity contribution in [2.24, 2.45) is 0 Å². The molecule has 3 aromatic rings. The Morgan fingerprint density at radius 1 is 0.917 bits per heavy atom. The number of carbonyl (C=O) groups excluding carboxylic acids is 4. The molecule has 0 aliphatic carbocycles. The summed E-state index contributed by atoms with van der Waals surface area (Å²) < 4.78 is 0. The summed E-state index contributed by atoms with van der Waals surface area (Å²) in [6, 6.07) is 24.6. The number of rotatable bonds is 8. The highest BCUT2D eigenvalue weighted by Gasteiger charge is 2.42. The topological polar surface area (TPSA) is 104 Å². The van der Waals surface area contributed by atoms with Crippen LogP contribution in [0.5, 0.6) is 0 Å².